The highest BCUT2D eigenvalue weighted by Gasteiger charge is 2.19. The van der Waals surface area contributed by atoms with Gasteiger partial charge in [0, 0.05) is 38.5 Å². The average Bonchev–Trinajstić information content (AvgIpc) is 3.86. The zero-order chi connectivity index (χ0) is 34.1. The van der Waals surface area contributed by atoms with Gasteiger partial charge in [0.25, 0.3) is 0 Å². The Labute approximate surface area is 291 Å². The van der Waals surface area contributed by atoms with Crippen molar-refractivity contribution >= 4 is 54.7 Å². The van der Waals surface area contributed by atoms with Crippen molar-refractivity contribution in [1.82, 2.24) is 14.1 Å². The molecule has 0 fully saturated rings. The molecule has 3 heterocycles. The highest BCUT2D eigenvalue weighted by atomic mass is 16.3. The Bertz CT molecular complexity index is 3030. The molecule has 0 saturated heterocycles. The molecule has 51 heavy (non-hydrogen) atoms. The number of aromatic nitrogens is 3. The normalized spacial score (nSPS) is 11.5. The molecule has 0 aliphatic carbocycles. The number of hydrogen-bond acceptors (Lipinski definition) is 4. The van der Waals surface area contributed by atoms with Gasteiger partial charge >= 0.3 is 0 Å². The van der Waals surface area contributed by atoms with Crippen LogP contribution in [0.5, 0.6) is 0 Å². The Morgan fingerprint density at radius 1 is 0.451 bits per heavy atom. The van der Waals surface area contributed by atoms with Crippen LogP contribution in [0.3, 0.4) is 0 Å². The van der Waals surface area contributed by atoms with Crippen molar-refractivity contribution in [1.29, 1.82) is 10.5 Å². The standard InChI is InChI=1S/C45H25N5O/c46-26-28-14-17-40-35(20-28)36-21-29(27-47)15-18-41(36)49(40)33-12-7-13-34(23-33)50-42-19-16-32(30-8-3-1-4-9-30)22-37(42)38-24-44-39(25-43(38)50)48-45(51-44)31-10-5-2-6-11-31/h1-25H. The molecule has 0 unspecified atom stereocenters. The molecule has 3 aromatic heterocycles. The molecule has 7 aromatic carbocycles. The van der Waals surface area contributed by atoms with Crippen LogP contribution in [-0.2, 0) is 0 Å². The van der Waals surface area contributed by atoms with Crippen LogP contribution in [0.1, 0.15) is 11.1 Å². The summed E-state index contributed by atoms with van der Waals surface area (Å²) in [5.41, 5.74) is 11.9. The predicted octanol–water partition coefficient (Wildman–Crippen LogP) is 11.1. The van der Waals surface area contributed by atoms with E-state index in [1.165, 1.54) is 0 Å². The summed E-state index contributed by atoms with van der Waals surface area (Å²) in [5, 5.41) is 23.4. The monoisotopic (exact) mass is 651 g/mol. The number of nitriles is 2. The molecule has 0 atom stereocenters. The van der Waals surface area contributed by atoms with E-state index in [1.54, 1.807) is 0 Å². The Hall–Kier alpha value is -7.41. The van der Waals surface area contributed by atoms with E-state index in [0.29, 0.717) is 17.0 Å². The zero-order valence-corrected chi connectivity index (χ0v) is 27.1. The van der Waals surface area contributed by atoms with E-state index >= 15 is 0 Å². The lowest BCUT2D eigenvalue weighted by atomic mass is 10.0. The smallest absolute Gasteiger partial charge is 0.227 e. The van der Waals surface area contributed by atoms with E-state index in [-0.39, 0.29) is 0 Å². The van der Waals surface area contributed by atoms with Gasteiger partial charge in [0.1, 0.15) is 5.52 Å². The van der Waals surface area contributed by atoms with Gasteiger partial charge in [0.05, 0.1) is 45.3 Å². The van der Waals surface area contributed by atoms with Crippen molar-refractivity contribution in [3.05, 3.63) is 163 Å². The summed E-state index contributed by atoms with van der Waals surface area (Å²) in [7, 11) is 0. The number of benzene rings is 7. The molecule has 0 aliphatic heterocycles. The molecule has 0 spiro atoms. The van der Waals surface area contributed by atoms with E-state index in [0.717, 1.165) is 82.8 Å². The summed E-state index contributed by atoms with van der Waals surface area (Å²) in [5.74, 6) is 0.589. The molecule has 0 saturated carbocycles. The molecule has 236 valence electrons. The summed E-state index contributed by atoms with van der Waals surface area (Å²) in [4.78, 5) is 4.93. The van der Waals surface area contributed by atoms with Crippen LogP contribution in [0.15, 0.2) is 156 Å². The molecule has 0 amide bonds. The first-order valence-electron chi connectivity index (χ1n) is 16.7. The Kier molecular flexibility index (Phi) is 6.20. The molecule has 6 heteroatoms. The molecular formula is C45H25N5O. The number of hydrogen-bond donors (Lipinski definition) is 0. The minimum atomic E-state index is 0.576. The zero-order valence-electron chi connectivity index (χ0n) is 27.1. The highest BCUT2D eigenvalue weighted by Crippen LogP contribution is 2.39. The van der Waals surface area contributed by atoms with Crippen LogP contribution in [0.4, 0.5) is 0 Å². The summed E-state index contributed by atoms with van der Waals surface area (Å²) >= 11 is 0. The van der Waals surface area contributed by atoms with Crippen molar-refractivity contribution in [2.45, 2.75) is 0 Å². The molecule has 0 N–H and O–H groups in total. The maximum absolute atomic E-state index is 9.69. The molecule has 6 nitrogen and oxygen atoms in total. The van der Waals surface area contributed by atoms with E-state index in [1.807, 2.05) is 72.8 Å². The topological polar surface area (TPSA) is 83.5 Å². The number of fused-ring (bicyclic) bond motifs is 7. The first-order valence-corrected chi connectivity index (χ1v) is 16.7. The fourth-order valence-electron chi connectivity index (χ4n) is 7.44. The van der Waals surface area contributed by atoms with Gasteiger partial charge < -0.3 is 13.6 Å². The number of oxazole rings is 1. The predicted molar refractivity (Wildman–Crippen MR) is 203 cm³/mol. The van der Waals surface area contributed by atoms with E-state index < -0.39 is 0 Å². The van der Waals surface area contributed by atoms with Gasteiger partial charge in [-0.05, 0) is 102 Å². The van der Waals surface area contributed by atoms with Crippen LogP contribution in [-0.4, -0.2) is 14.1 Å². The van der Waals surface area contributed by atoms with Crippen LogP contribution < -0.4 is 0 Å². The molecule has 10 aromatic rings. The Morgan fingerprint density at radius 2 is 1.00 bits per heavy atom. The van der Waals surface area contributed by atoms with Gasteiger partial charge in [-0.1, -0.05) is 60.7 Å². The Morgan fingerprint density at radius 3 is 1.63 bits per heavy atom. The molecule has 0 aliphatic rings. The quantitative estimate of drug-likeness (QED) is 0.190. The second-order valence-corrected chi connectivity index (χ2v) is 12.7. The van der Waals surface area contributed by atoms with Gasteiger partial charge in [-0.2, -0.15) is 10.5 Å². The minimum absolute atomic E-state index is 0.576. The lowest BCUT2D eigenvalue weighted by Crippen LogP contribution is -1.98. The Balaban J connectivity index is 1.24. The van der Waals surface area contributed by atoms with Crippen molar-refractivity contribution in [3.8, 4) is 46.1 Å². The lowest BCUT2D eigenvalue weighted by Gasteiger charge is -2.13. The number of nitrogens with zero attached hydrogens (tertiary/aromatic N) is 5. The van der Waals surface area contributed by atoms with Gasteiger partial charge in [-0.25, -0.2) is 4.98 Å². The molecule has 0 bridgehead atoms. The van der Waals surface area contributed by atoms with Crippen LogP contribution in [0.2, 0.25) is 0 Å². The maximum atomic E-state index is 9.69. The van der Waals surface area contributed by atoms with Gasteiger partial charge in [-0.3, -0.25) is 0 Å². The highest BCUT2D eigenvalue weighted by molar-refractivity contribution is 6.14. The van der Waals surface area contributed by atoms with Crippen molar-refractivity contribution in [3.63, 3.8) is 0 Å². The first kappa shape index (κ1) is 28.6. The molecule has 0 radical (unpaired) electrons. The summed E-state index contributed by atoms with van der Waals surface area (Å²) in [6.07, 6.45) is 0. The van der Waals surface area contributed by atoms with Crippen LogP contribution in [0, 0.1) is 22.7 Å². The third-order valence-corrected chi connectivity index (χ3v) is 9.77. The number of rotatable bonds is 4. The SMILES string of the molecule is N#Cc1ccc2c(c1)c1cc(C#N)ccc1n2-c1cccc(-n2c3ccc(-c4ccccc4)cc3c3cc4oc(-c5ccccc5)nc4cc32)c1. The second kappa shape index (κ2) is 11.1. The van der Waals surface area contributed by atoms with E-state index in [4.69, 9.17) is 9.40 Å². The summed E-state index contributed by atoms with van der Waals surface area (Å²) in [6, 6.07) is 55.8. The van der Waals surface area contributed by atoms with Gasteiger partial charge in [0.2, 0.25) is 5.89 Å². The maximum Gasteiger partial charge on any atom is 0.227 e. The average molecular weight is 652 g/mol. The first-order chi connectivity index (χ1) is 25.2. The fraction of sp³-hybridized carbons (Fsp3) is 0. The lowest BCUT2D eigenvalue weighted by molar-refractivity contribution is 0.620. The van der Waals surface area contributed by atoms with Crippen molar-refractivity contribution in [2.24, 2.45) is 0 Å². The third-order valence-electron chi connectivity index (χ3n) is 9.77. The van der Waals surface area contributed by atoms with Gasteiger partial charge in [0.15, 0.2) is 5.58 Å². The van der Waals surface area contributed by atoms with Crippen molar-refractivity contribution in [2.75, 3.05) is 0 Å². The molecular weight excluding hydrogens is 627 g/mol. The fourth-order valence-corrected chi connectivity index (χ4v) is 7.44. The van der Waals surface area contributed by atoms with Crippen LogP contribution >= 0.6 is 0 Å². The second-order valence-electron chi connectivity index (χ2n) is 12.7. The summed E-state index contributed by atoms with van der Waals surface area (Å²) < 4.78 is 10.9. The van der Waals surface area contributed by atoms with E-state index in [9.17, 15) is 10.5 Å². The summed E-state index contributed by atoms with van der Waals surface area (Å²) in [6.45, 7) is 0. The minimum Gasteiger partial charge on any atom is -0.436 e. The van der Waals surface area contributed by atoms with Crippen LogP contribution in [0.25, 0.3) is 88.7 Å². The third kappa shape index (κ3) is 4.45. The van der Waals surface area contributed by atoms with Gasteiger partial charge in [-0.15, -0.1) is 0 Å². The van der Waals surface area contributed by atoms with Crippen molar-refractivity contribution < 1.29 is 4.42 Å². The molecule has 10 rings (SSSR count). The van der Waals surface area contributed by atoms with E-state index in [2.05, 4.69) is 100 Å². The largest absolute Gasteiger partial charge is 0.436 e.